The van der Waals surface area contributed by atoms with Crippen molar-refractivity contribution in [2.45, 2.75) is 0 Å². The highest BCUT2D eigenvalue weighted by atomic mass is 28.3. The van der Waals surface area contributed by atoms with E-state index >= 15 is 4.39 Å². The third-order valence-corrected chi connectivity index (χ3v) is 13.8. The number of benzene rings is 7. The van der Waals surface area contributed by atoms with Gasteiger partial charge < -0.3 is 4.57 Å². The molecule has 1 heterocycles. The van der Waals surface area contributed by atoms with E-state index in [1.807, 2.05) is 30.3 Å². The van der Waals surface area contributed by atoms with E-state index in [0.29, 0.717) is 0 Å². The fraction of sp³-hybridized carbons (Fsp3) is 0. The minimum absolute atomic E-state index is 0.255. The molecule has 3 heteroatoms. The van der Waals surface area contributed by atoms with Gasteiger partial charge in [0, 0.05) is 16.5 Å². The first-order chi connectivity index (χ1) is 22.2. The Morgan fingerprint density at radius 1 is 0.378 bits per heavy atom. The van der Waals surface area contributed by atoms with Crippen LogP contribution in [0.15, 0.2) is 182 Å². The monoisotopic (exact) mass is 595 g/mol. The molecule has 0 fully saturated rings. The fourth-order valence-electron chi connectivity index (χ4n) is 7.05. The number of nitrogens with zero attached hydrogens (tertiary/aromatic N) is 1. The Balaban J connectivity index is 1.47. The number of rotatable bonds is 6. The molecule has 0 spiro atoms. The van der Waals surface area contributed by atoms with E-state index < -0.39 is 8.07 Å². The summed E-state index contributed by atoms with van der Waals surface area (Å²) in [6, 6.07) is 63.7. The lowest BCUT2D eigenvalue weighted by atomic mass is 10.0. The van der Waals surface area contributed by atoms with E-state index in [4.69, 9.17) is 0 Å². The van der Waals surface area contributed by atoms with Crippen molar-refractivity contribution in [2.75, 3.05) is 0 Å². The quantitative estimate of drug-likeness (QED) is 0.136. The minimum Gasteiger partial charge on any atom is -0.309 e. The Morgan fingerprint density at radius 2 is 0.889 bits per heavy atom. The van der Waals surface area contributed by atoms with Crippen molar-refractivity contribution in [2.24, 2.45) is 0 Å². The predicted molar refractivity (Wildman–Crippen MR) is 190 cm³/mol. The maximum Gasteiger partial charge on any atom is 0.179 e. The Bertz CT molecular complexity index is 2160. The number of hydrogen-bond donors (Lipinski definition) is 0. The third-order valence-electron chi connectivity index (χ3n) is 8.98. The fourth-order valence-corrected chi connectivity index (χ4v) is 11.8. The Kier molecular flexibility index (Phi) is 6.74. The molecule has 8 rings (SSSR count). The van der Waals surface area contributed by atoms with E-state index in [0.717, 1.165) is 38.6 Å². The van der Waals surface area contributed by atoms with Crippen LogP contribution in [0.5, 0.6) is 0 Å². The first-order valence-corrected chi connectivity index (χ1v) is 17.3. The number of hydrogen-bond acceptors (Lipinski definition) is 0. The highest BCUT2D eigenvalue weighted by molar-refractivity contribution is 7.20. The van der Waals surface area contributed by atoms with Gasteiger partial charge in [-0.25, -0.2) is 4.39 Å². The van der Waals surface area contributed by atoms with Crippen molar-refractivity contribution in [3.63, 3.8) is 0 Å². The van der Waals surface area contributed by atoms with Crippen LogP contribution in [-0.2, 0) is 0 Å². The van der Waals surface area contributed by atoms with Gasteiger partial charge in [0.1, 0.15) is 5.82 Å². The summed E-state index contributed by atoms with van der Waals surface area (Å²) in [6.45, 7) is 0. The molecule has 0 unspecified atom stereocenters. The van der Waals surface area contributed by atoms with Crippen LogP contribution in [0.4, 0.5) is 4.39 Å². The summed E-state index contributed by atoms with van der Waals surface area (Å²) in [6.07, 6.45) is 0. The first-order valence-electron chi connectivity index (χ1n) is 15.3. The largest absolute Gasteiger partial charge is 0.309 e. The molecule has 0 aliphatic heterocycles. The normalized spacial score (nSPS) is 11.7. The molecule has 214 valence electrons. The van der Waals surface area contributed by atoms with Crippen molar-refractivity contribution < 1.29 is 4.39 Å². The Morgan fingerprint density at radius 3 is 1.49 bits per heavy atom. The van der Waals surface area contributed by atoms with Crippen LogP contribution in [-0.4, -0.2) is 12.6 Å². The van der Waals surface area contributed by atoms with Gasteiger partial charge in [0.15, 0.2) is 8.07 Å². The molecule has 1 aromatic heterocycles. The first kappa shape index (κ1) is 27.1. The van der Waals surface area contributed by atoms with Crippen LogP contribution in [0, 0.1) is 5.82 Å². The smallest absolute Gasteiger partial charge is 0.179 e. The molecule has 45 heavy (non-hydrogen) atoms. The van der Waals surface area contributed by atoms with Gasteiger partial charge in [0.05, 0.1) is 11.0 Å². The van der Waals surface area contributed by atoms with E-state index in [2.05, 4.69) is 144 Å². The zero-order chi connectivity index (χ0) is 30.2. The average Bonchev–Trinajstić information content (AvgIpc) is 3.44. The van der Waals surface area contributed by atoms with Gasteiger partial charge in [-0.2, -0.15) is 0 Å². The van der Waals surface area contributed by atoms with Crippen molar-refractivity contribution in [3.05, 3.63) is 188 Å². The highest BCUT2D eigenvalue weighted by Gasteiger charge is 2.41. The average molecular weight is 596 g/mol. The third kappa shape index (κ3) is 4.52. The molecule has 0 saturated heterocycles. The number of halogens is 1. The van der Waals surface area contributed by atoms with Crippen molar-refractivity contribution in [1.82, 2.24) is 4.57 Å². The van der Waals surface area contributed by atoms with E-state index in [1.165, 1.54) is 20.7 Å². The second-order valence-electron chi connectivity index (χ2n) is 11.5. The topological polar surface area (TPSA) is 4.93 Å². The molecular weight excluding hydrogens is 566 g/mol. The van der Waals surface area contributed by atoms with Crippen LogP contribution in [0.2, 0.25) is 0 Å². The highest BCUT2D eigenvalue weighted by Crippen LogP contribution is 2.34. The van der Waals surface area contributed by atoms with Gasteiger partial charge >= 0.3 is 0 Å². The lowest BCUT2D eigenvalue weighted by Crippen LogP contribution is -2.74. The minimum atomic E-state index is -2.75. The molecule has 0 atom stereocenters. The molecular formula is C42H30FNSi. The Labute approximate surface area is 263 Å². The summed E-state index contributed by atoms with van der Waals surface area (Å²) in [7, 11) is -2.75. The SMILES string of the molecule is Fc1cc(-c2ccccc2)cc(-n2c3ccccc3c3ccc([Si](c4ccccc4)(c4ccccc4)c4ccccc4)cc32)c1. The molecule has 0 amide bonds. The summed E-state index contributed by atoms with van der Waals surface area (Å²) in [5.74, 6) is -0.255. The van der Waals surface area contributed by atoms with Crippen LogP contribution >= 0.6 is 0 Å². The maximum atomic E-state index is 15.4. The summed E-state index contributed by atoms with van der Waals surface area (Å²) in [5.41, 5.74) is 4.78. The molecule has 7 aromatic carbocycles. The second-order valence-corrected chi connectivity index (χ2v) is 15.3. The Hall–Kier alpha value is -5.51. The van der Waals surface area contributed by atoms with Crippen LogP contribution in [0.3, 0.4) is 0 Å². The summed E-state index contributed by atoms with van der Waals surface area (Å²) in [4.78, 5) is 0. The van der Waals surface area contributed by atoms with Gasteiger partial charge in [-0.3, -0.25) is 0 Å². The maximum absolute atomic E-state index is 15.4. The lowest BCUT2D eigenvalue weighted by molar-refractivity contribution is 0.627. The second kappa shape index (κ2) is 11.2. The van der Waals surface area contributed by atoms with Gasteiger partial charge in [-0.05, 0) is 62.2 Å². The van der Waals surface area contributed by atoms with Crippen molar-refractivity contribution in [3.8, 4) is 16.8 Å². The number of fused-ring (bicyclic) bond motifs is 3. The number of aromatic nitrogens is 1. The van der Waals surface area contributed by atoms with Crippen molar-refractivity contribution >= 4 is 50.6 Å². The molecule has 0 saturated carbocycles. The van der Waals surface area contributed by atoms with Crippen LogP contribution in [0.25, 0.3) is 38.6 Å². The van der Waals surface area contributed by atoms with E-state index in [-0.39, 0.29) is 5.82 Å². The molecule has 0 bridgehead atoms. The van der Waals surface area contributed by atoms with Crippen LogP contribution < -0.4 is 20.7 Å². The summed E-state index contributed by atoms with van der Waals surface area (Å²) in [5, 5.41) is 7.54. The van der Waals surface area contributed by atoms with E-state index in [1.54, 1.807) is 12.1 Å². The van der Waals surface area contributed by atoms with Gasteiger partial charge in [0.25, 0.3) is 0 Å². The van der Waals surface area contributed by atoms with Gasteiger partial charge in [-0.15, -0.1) is 0 Å². The van der Waals surface area contributed by atoms with Gasteiger partial charge in [-0.1, -0.05) is 152 Å². The van der Waals surface area contributed by atoms with Gasteiger partial charge in [0.2, 0.25) is 0 Å². The zero-order valence-electron chi connectivity index (χ0n) is 24.6. The van der Waals surface area contributed by atoms with Crippen molar-refractivity contribution in [1.29, 1.82) is 0 Å². The lowest BCUT2D eigenvalue weighted by Gasteiger charge is -2.34. The molecule has 1 nitrogen and oxygen atoms in total. The summed E-state index contributed by atoms with van der Waals surface area (Å²) < 4.78 is 17.7. The molecule has 0 aliphatic carbocycles. The standard InChI is InChI=1S/C42H30FNSi/c43-33-27-32(31-15-5-1-6-16-31)28-34(29-33)44-41-24-14-13-23-39(41)40-26-25-38(30-42(40)44)45(35-17-7-2-8-18-35,36-19-9-3-10-20-36)37-21-11-4-12-22-37/h1-30H. The zero-order valence-corrected chi connectivity index (χ0v) is 25.6. The molecule has 0 N–H and O–H groups in total. The number of para-hydroxylation sites is 1. The molecule has 8 aromatic rings. The molecule has 0 aliphatic rings. The van der Waals surface area contributed by atoms with E-state index in [9.17, 15) is 0 Å². The predicted octanol–water partition coefficient (Wildman–Crippen LogP) is 7.97. The van der Waals surface area contributed by atoms with Crippen LogP contribution in [0.1, 0.15) is 0 Å². The molecule has 0 radical (unpaired) electrons. The summed E-state index contributed by atoms with van der Waals surface area (Å²) >= 11 is 0.